The maximum Gasteiger partial charge on any atom is 0.314 e. The first-order valence-electron chi connectivity index (χ1n) is 9.11. The van der Waals surface area contributed by atoms with Gasteiger partial charge in [-0.2, -0.15) is 0 Å². The number of benzene rings is 1. The van der Waals surface area contributed by atoms with Crippen LogP contribution in [-0.2, 0) is 0 Å². The molecule has 1 saturated heterocycles. The maximum atomic E-state index is 11.7. The van der Waals surface area contributed by atoms with Gasteiger partial charge < -0.3 is 10.6 Å². The van der Waals surface area contributed by atoms with E-state index in [0.717, 1.165) is 31.0 Å². The third-order valence-corrected chi connectivity index (χ3v) is 5.01. The molecule has 2 heterocycles. The average molecular weight is 373 g/mol. The fourth-order valence-corrected chi connectivity index (χ4v) is 3.62. The molecule has 5 nitrogen and oxygen atoms in total. The highest BCUT2D eigenvalue weighted by molar-refractivity contribution is 6.30. The lowest BCUT2D eigenvalue weighted by Crippen LogP contribution is -2.48. The molecular formula is C20H25ClN4O. The second-order valence-corrected chi connectivity index (χ2v) is 6.99. The van der Waals surface area contributed by atoms with Crippen molar-refractivity contribution in [3.05, 3.63) is 64.9 Å². The van der Waals surface area contributed by atoms with Crippen LogP contribution in [0.1, 0.15) is 36.9 Å². The molecule has 1 aromatic carbocycles. The Kier molecular flexibility index (Phi) is 6.47. The normalized spacial score (nSPS) is 16.8. The smallest absolute Gasteiger partial charge is 0.314 e. The van der Waals surface area contributed by atoms with E-state index in [9.17, 15) is 4.79 Å². The van der Waals surface area contributed by atoms with Crippen LogP contribution in [0.5, 0.6) is 0 Å². The number of hydrogen-bond acceptors (Lipinski definition) is 3. The Morgan fingerprint density at radius 3 is 2.58 bits per heavy atom. The maximum absolute atomic E-state index is 11.7. The molecule has 0 saturated carbocycles. The second-order valence-electron chi connectivity index (χ2n) is 6.55. The Morgan fingerprint density at radius 2 is 1.96 bits per heavy atom. The molecule has 0 spiro atoms. The Labute approximate surface area is 159 Å². The average Bonchev–Trinajstić information content (AvgIpc) is 2.66. The predicted octanol–water partition coefficient (Wildman–Crippen LogP) is 3.61. The molecule has 0 bridgehead atoms. The monoisotopic (exact) mass is 372 g/mol. The molecular weight excluding hydrogens is 348 g/mol. The lowest BCUT2D eigenvalue weighted by molar-refractivity contribution is 0.162. The molecule has 1 aliphatic rings. The highest BCUT2D eigenvalue weighted by Gasteiger charge is 2.28. The van der Waals surface area contributed by atoms with Gasteiger partial charge in [-0.3, -0.25) is 9.88 Å². The van der Waals surface area contributed by atoms with Crippen LogP contribution in [0.3, 0.4) is 0 Å². The summed E-state index contributed by atoms with van der Waals surface area (Å²) in [4.78, 5) is 18.5. The SMILES string of the molecule is CCNC(=O)NC1CCN(C(c2ccc(Cl)cc2)c2cccnc2)CC1. The Hall–Kier alpha value is -2.11. The van der Waals surface area contributed by atoms with Gasteiger partial charge in [0.1, 0.15) is 0 Å². The Bertz CT molecular complexity index is 700. The van der Waals surface area contributed by atoms with Crippen molar-refractivity contribution in [1.82, 2.24) is 20.5 Å². The number of hydrogen-bond donors (Lipinski definition) is 2. The molecule has 2 N–H and O–H groups in total. The van der Waals surface area contributed by atoms with E-state index in [4.69, 9.17) is 11.6 Å². The van der Waals surface area contributed by atoms with Crippen LogP contribution in [0.25, 0.3) is 0 Å². The predicted molar refractivity (Wildman–Crippen MR) is 104 cm³/mol. The summed E-state index contributed by atoms with van der Waals surface area (Å²) in [5.74, 6) is 0. The van der Waals surface area contributed by atoms with Gasteiger partial charge in [-0.05, 0) is 49.1 Å². The molecule has 2 amide bonds. The number of nitrogens with one attached hydrogen (secondary N) is 2. The zero-order valence-electron chi connectivity index (χ0n) is 15.0. The third-order valence-electron chi connectivity index (χ3n) is 4.75. The van der Waals surface area contributed by atoms with E-state index < -0.39 is 0 Å². The van der Waals surface area contributed by atoms with Crippen molar-refractivity contribution in [2.24, 2.45) is 0 Å². The number of piperidine rings is 1. The van der Waals surface area contributed by atoms with Gasteiger partial charge in [0.2, 0.25) is 0 Å². The zero-order valence-corrected chi connectivity index (χ0v) is 15.7. The highest BCUT2D eigenvalue weighted by Crippen LogP contribution is 2.31. The van der Waals surface area contributed by atoms with Crippen LogP contribution in [0.15, 0.2) is 48.8 Å². The fourth-order valence-electron chi connectivity index (χ4n) is 3.50. The van der Waals surface area contributed by atoms with Crippen molar-refractivity contribution in [3.8, 4) is 0 Å². The molecule has 0 radical (unpaired) electrons. The zero-order chi connectivity index (χ0) is 18.4. The van der Waals surface area contributed by atoms with E-state index in [2.05, 4.69) is 38.7 Å². The van der Waals surface area contributed by atoms with Gasteiger partial charge in [0, 0.05) is 43.1 Å². The second kappa shape index (κ2) is 9.01. The van der Waals surface area contributed by atoms with Crippen LogP contribution in [0.4, 0.5) is 4.79 Å². The molecule has 0 aliphatic carbocycles. The molecule has 3 rings (SSSR count). The summed E-state index contributed by atoms with van der Waals surface area (Å²) in [6.45, 7) is 4.40. The molecule has 1 aliphatic heterocycles. The molecule has 1 atom stereocenters. The van der Waals surface area contributed by atoms with E-state index >= 15 is 0 Å². The lowest BCUT2D eigenvalue weighted by atomic mass is 9.95. The topological polar surface area (TPSA) is 57.3 Å². The Balaban J connectivity index is 1.73. The summed E-state index contributed by atoms with van der Waals surface area (Å²) in [6, 6.07) is 12.4. The number of nitrogens with zero attached hydrogens (tertiary/aromatic N) is 2. The lowest BCUT2D eigenvalue weighted by Gasteiger charge is -2.38. The van der Waals surface area contributed by atoms with E-state index in [1.165, 1.54) is 11.1 Å². The molecule has 2 aromatic rings. The van der Waals surface area contributed by atoms with E-state index in [0.29, 0.717) is 6.54 Å². The number of amides is 2. The van der Waals surface area contributed by atoms with Crippen molar-refractivity contribution >= 4 is 17.6 Å². The quantitative estimate of drug-likeness (QED) is 0.843. The number of pyridine rings is 1. The van der Waals surface area contributed by atoms with Crippen molar-refractivity contribution < 1.29 is 4.79 Å². The Morgan fingerprint density at radius 1 is 1.23 bits per heavy atom. The summed E-state index contributed by atoms with van der Waals surface area (Å²) in [7, 11) is 0. The molecule has 6 heteroatoms. The van der Waals surface area contributed by atoms with Gasteiger partial charge in [-0.15, -0.1) is 0 Å². The summed E-state index contributed by atoms with van der Waals surface area (Å²) in [5.41, 5.74) is 2.38. The van der Waals surface area contributed by atoms with Gasteiger partial charge in [0.15, 0.2) is 0 Å². The minimum atomic E-state index is -0.0764. The number of carbonyl (C=O) groups excluding carboxylic acids is 1. The molecule has 26 heavy (non-hydrogen) atoms. The van der Waals surface area contributed by atoms with Crippen LogP contribution in [-0.4, -0.2) is 41.6 Å². The van der Waals surface area contributed by atoms with Crippen LogP contribution in [0, 0.1) is 0 Å². The van der Waals surface area contributed by atoms with Gasteiger partial charge in [0.05, 0.1) is 6.04 Å². The largest absolute Gasteiger partial charge is 0.338 e. The van der Waals surface area contributed by atoms with Crippen molar-refractivity contribution in [3.63, 3.8) is 0 Å². The van der Waals surface area contributed by atoms with Crippen LogP contribution in [0.2, 0.25) is 5.02 Å². The van der Waals surface area contributed by atoms with Crippen LogP contribution < -0.4 is 10.6 Å². The molecule has 1 fully saturated rings. The van der Waals surface area contributed by atoms with E-state index in [1.54, 1.807) is 6.20 Å². The van der Waals surface area contributed by atoms with Gasteiger partial charge >= 0.3 is 6.03 Å². The first-order valence-corrected chi connectivity index (χ1v) is 9.49. The number of halogens is 1. The van der Waals surface area contributed by atoms with Gasteiger partial charge in [0.25, 0.3) is 0 Å². The minimum absolute atomic E-state index is 0.0764. The summed E-state index contributed by atoms with van der Waals surface area (Å²) < 4.78 is 0. The first kappa shape index (κ1) is 18.7. The molecule has 138 valence electrons. The van der Waals surface area contributed by atoms with Crippen molar-refractivity contribution in [1.29, 1.82) is 0 Å². The molecule has 1 aromatic heterocycles. The fraction of sp³-hybridized carbons (Fsp3) is 0.400. The number of rotatable bonds is 5. The number of likely N-dealkylation sites (tertiary alicyclic amines) is 1. The van der Waals surface area contributed by atoms with E-state index in [1.807, 2.05) is 31.3 Å². The van der Waals surface area contributed by atoms with Gasteiger partial charge in [-0.1, -0.05) is 29.8 Å². The van der Waals surface area contributed by atoms with Crippen molar-refractivity contribution in [2.75, 3.05) is 19.6 Å². The number of aromatic nitrogens is 1. The van der Waals surface area contributed by atoms with Gasteiger partial charge in [-0.25, -0.2) is 4.79 Å². The third kappa shape index (κ3) is 4.74. The minimum Gasteiger partial charge on any atom is -0.338 e. The molecule has 1 unspecified atom stereocenters. The van der Waals surface area contributed by atoms with Crippen molar-refractivity contribution in [2.45, 2.75) is 31.8 Å². The summed E-state index contributed by atoms with van der Waals surface area (Å²) >= 11 is 6.07. The highest BCUT2D eigenvalue weighted by atomic mass is 35.5. The standard InChI is InChI=1S/C20H25ClN4O/c1-2-23-20(26)24-18-9-12-25(13-10-18)19(16-4-3-11-22-14-16)15-5-7-17(21)8-6-15/h3-8,11,14,18-19H,2,9-10,12-13H2,1H3,(H2,23,24,26). The van der Waals surface area contributed by atoms with Crippen LogP contribution >= 0.6 is 11.6 Å². The number of urea groups is 1. The number of carbonyl (C=O) groups is 1. The summed E-state index contributed by atoms with van der Waals surface area (Å²) in [6.07, 6.45) is 5.59. The van der Waals surface area contributed by atoms with E-state index in [-0.39, 0.29) is 18.1 Å². The summed E-state index contributed by atoms with van der Waals surface area (Å²) in [5, 5.41) is 6.60. The first-order chi connectivity index (χ1) is 12.7.